The van der Waals surface area contributed by atoms with E-state index in [0.29, 0.717) is 11.8 Å². The second kappa shape index (κ2) is 2.32. The van der Waals surface area contributed by atoms with E-state index in [1.54, 1.807) is 0 Å². The molecular weight excluding hydrogens is 140 g/mol. The summed E-state index contributed by atoms with van der Waals surface area (Å²) in [6.07, 6.45) is -0.234. The van der Waals surface area contributed by atoms with E-state index in [9.17, 15) is 5.11 Å². The zero-order chi connectivity index (χ0) is 8.01. The van der Waals surface area contributed by atoms with Gasteiger partial charge in [0.25, 0.3) is 0 Å². The second-order valence-corrected chi connectivity index (χ2v) is 3.62. The number of hydrogen-bond donors (Lipinski definition) is 1. The lowest BCUT2D eigenvalue weighted by Gasteiger charge is -2.12. The maximum Gasteiger partial charge on any atom is 0.0806 e. The summed E-state index contributed by atoms with van der Waals surface area (Å²) < 4.78 is 5.31. The van der Waals surface area contributed by atoms with Gasteiger partial charge in [-0.2, -0.15) is 0 Å². The van der Waals surface area contributed by atoms with Crippen molar-refractivity contribution >= 4 is 0 Å². The molecule has 2 rings (SSSR count). The molecule has 1 heterocycles. The molecule has 1 aliphatic carbocycles. The first kappa shape index (κ1) is 7.32. The number of hydrogen-bond acceptors (Lipinski definition) is 2. The van der Waals surface area contributed by atoms with E-state index in [4.69, 9.17) is 4.74 Å². The Labute approximate surface area is 66.9 Å². The predicted molar refractivity (Wildman–Crippen MR) is 42.2 cm³/mol. The van der Waals surface area contributed by atoms with Gasteiger partial charge in [-0.05, 0) is 19.4 Å². The van der Waals surface area contributed by atoms with E-state index in [0.717, 1.165) is 13.2 Å². The molecule has 2 nitrogen and oxygen atoms in total. The third-order valence-electron chi connectivity index (χ3n) is 3.15. The lowest BCUT2D eigenvalue weighted by atomic mass is 9.95. The van der Waals surface area contributed by atoms with Gasteiger partial charge < -0.3 is 9.84 Å². The zero-order valence-corrected chi connectivity index (χ0v) is 7.00. The molecule has 62 valence electrons. The molecule has 1 saturated heterocycles. The first-order valence-corrected chi connectivity index (χ1v) is 4.15. The molecule has 2 heteroatoms. The highest BCUT2D eigenvalue weighted by atomic mass is 16.5. The number of aliphatic hydroxyl groups excluding tert-OH is 1. The molecule has 1 aliphatic heterocycles. The van der Waals surface area contributed by atoms with Crippen LogP contribution >= 0.6 is 0 Å². The monoisotopic (exact) mass is 154 g/mol. The van der Waals surface area contributed by atoms with Crippen molar-refractivity contribution in [2.24, 2.45) is 11.8 Å². The predicted octanol–water partition coefficient (Wildman–Crippen LogP) is 0.960. The third kappa shape index (κ3) is 0.861. The number of fused-ring (bicyclic) bond motifs is 1. The molecule has 2 aliphatic rings. The van der Waals surface area contributed by atoms with E-state index in [1.807, 2.05) is 6.92 Å². The van der Waals surface area contributed by atoms with Crippen molar-refractivity contribution in [2.45, 2.75) is 20.0 Å². The van der Waals surface area contributed by atoms with Gasteiger partial charge in [0.1, 0.15) is 0 Å². The van der Waals surface area contributed by atoms with Crippen LogP contribution in [0.5, 0.6) is 0 Å². The summed E-state index contributed by atoms with van der Waals surface area (Å²) >= 11 is 0. The first-order valence-electron chi connectivity index (χ1n) is 4.15. The van der Waals surface area contributed by atoms with Gasteiger partial charge in [-0.15, -0.1) is 0 Å². The van der Waals surface area contributed by atoms with Crippen LogP contribution in [-0.2, 0) is 4.74 Å². The van der Waals surface area contributed by atoms with E-state index >= 15 is 0 Å². The van der Waals surface area contributed by atoms with Crippen molar-refractivity contribution < 1.29 is 9.84 Å². The average Bonchev–Trinajstić information content (AvgIpc) is 2.53. The first-order chi connectivity index (χ1) is 5.22. The number of rotatable bonds is 0. The van der Waals surface area contributed by atoms with E-state index in [2.05, 4.69) is 6.92 Å². The highest BCUT2D eigenvalue weighted by Gasteiger charge is 2.41. The standard InChI is InChI=1S/C9H14O2/c1-5-6(2)9(10)8-4-11-3-7(5)8/h7-10H,3-4H2,1-2H3/t7-,8-,9+/m0/s1. The Morgan fingerprint density at radius 3 is 2.64 bits per heavy atom. The Kier molecular flexibility index (Phi) is 1.55. The van der Waals surface area contributed by atoms with Gasteiger partial charge >= 0.3 is 0 Å². The van der Waals surface area contributed by atoms with Crippen LogP contribution in [0.4, 0.5) is 0 Å². The summed E-state index contributed by atoms with van der Waals surface area (Å²) in [6, 6.07) is 0. The van der Waals surface area contributed by atoms with E-state index in [1.165, 1.54) is 11.1 Å². The molecule has 11 heavy (non-hydrogen) atoms. The van der Waals surface area contributed by atoms with Gasteiger partial charge in [-0.3, -0.25) is 0 Å². The summed E-state index contributed by atoms with van der Waals surface area (Å²) in [5, 5.41) is 9.70. The fourth-order valence-corrected chi connectivity index (χ4v) is 2.17. The molecule has 1 fully saturated rings. The molecule has 0 saturated carbocycles. The minimum atomic E-state index is -0.234. The van der Waals surface area contributed by atoms with Crippen molar-refractivity contribution in [1.82, 2.24) is 0 Å². The van der Waals surface area contributed by atoms with Crippen LogP contribution < -0.4 is 0 Å². The summed E-state index contributed by atoms with van der Waals surface area (Å²) in [5.74, 6) is 0.861. The average molecular weight is 154 g/mol. The highest BCUT2D eigenvalue weighted by Crippen LogP contribution is 2.40. The van der Waals surface area contributed by atoms with E-state index in [-0.39, 0.29) is 6.10 Å². The molecular formula is C9H14O2. The normalized spacial score (nSPS) is 43.4. The van der Waals surface area contributed by atoms with Crippen LogP contribution in [0.2, 0.25) is 0 Å². The Bertz CT molecular complexity index is 208. The van der Waals surface area contributed by atoms with Crippen LogP contribution in [0, 0.1) is 11.8 Å². The minimum Gasteiger partial charge on any atom is -0.388 e. The topological polar surface area (TPSA) is 29.5 Å². The van der Waals surface area contributed by atoms with Gasteiger partial charge in [0.15, 0.2) is 0 Å². The molecule has 0 amide bonds. The Morgan fingerprint density at radius 1 is 1.27 bits per heavy atom. The molecule has 0 aromatic heterocycles. The van der Waals surface area contributed by atoms with Crippen LogP contribution in [-0.4, -0.2) is 24.4 Å². The molecule has 0 spiro atoms. The molecule has 0 aromatic carbocycles. The van der Waals surface area contributed by atoms with Crippen LogP contribution in [0.25, 0.3) is 0 Å². The van der Waals surface area contributed by atoms with Crippen molar-refractivity contribution in [3.8, 4) is 0 Å². The van der Waals surface area contributed by atoms with Crippen LogP contribution in [0.15, 0.2) is 11.1 Å². The highest BCUT2D eigenvalue weighted by molar-refractivity contribution is 5.27. The van der Waals surface area contributed by atoms with Crippen molar-refractivity contribution in [1.29, 1.82) is 0 Å². The summed E-state index contributed by atoms with van der Waals surface area (Å²) in [7, 11) is 0. The van der Waals surface area contributed by atoms with Gasteiger partial charge in [0.2, 0.25) is 0 Å². The van der Waals surface area contributed by atoms with Crippen molar-refractivity contribution in [2.75, 3.05) is 13.2 Å². The summed E-state index contributed by atoms with van der Waals surface area (Å²) in [5.41, 5.74) is 2.52. The molecule has 0 bridgehead atoms. The van der Waals surface area contributed by atoms with Gasteiger partial charge in [0, 0.05) is 11.8 Å². The Hall–Kier alpha value is -0.340. The van der Waals surface area contributed by atoms with Gasteiger partial charge in [0.05, 0.1) is 19.3 Å². The summed E-state index contributed by atoms with van der Waals surface area (Å²) in [4.78, 5) is 0. The number of ether oxygens (including phenoxy) is 1. The molecule has 1 N–H and O–H groups in total. The fourth-order valence-electron chi connectivity index (χ4n) is 2.17. The molecule has 0 aromatic rings. The Morgan fingerprint density at radius 2 is 2.00 bits per heavy atom. The second-order valence-electron chi connectivity index (χ2n) is 3.62. The van der Waals surface area contributed by atoms with Gasteiger partial charge in [-0.1, -0.05) is 5.57 Å². The number of aliphatic hydroxyl groups is 1. The smallest absolute Gasteiger partial charge is 0.0806 e. The van der Waals surface area contributed by atoms with Crippen LogP contribution in [0.1, 0.15) is 13.8 Å². The quantitative estimate of drug-likeness (QED) is 0.527. The third-order valence-corrected chi connectivity index (χ3v) is 3.15. The fraction of sp³-hybridized carbons (Fsp3) is 0.778. The lowest BCUT2D eigenvalue weighted by molar-refractivity contribution is 0.119. The largest absolute Gasteiger partial charge is 0.388 e. The minimum absolute atomic E-state index is 0.234. The molecule has 3 atom stereocenters. The Balaban J connectivity index is 2.30. The lowest BCUT2D eigenvalue weighted by Crippen LogP contribution is -2.20. The molecule has 0 unspecified atom stereocenters. The van der Waals surface area contributed by atoms with E-state index < -0.39 is 0 Å². The SMILES string of the molecule is CC1=C(C)[C@@H]2COC[C@@H]2[C@@H]1O. The van der Waals surface area contributed by atoms with Crippen molar-refractivity contribution in [3.63, 3.8) is 0 Å². The zero-order valence-electron chi connectivity index (χ0n) is 7.00. The summed E-state index contributed by atoms with van der Waals surface area (Å²) in [6.45, 7) is 5.68. The molecule has 0 radical (unpaired) electrons. The van der Waals surface area contributed by atoms with Crippen LogP contribution in [0.3, 0.4) is 0 Å². The van der Waals surface area contributed by atoms with Crippen molar-refractivity contribution in [3.05, 3.63) is 11.1 Å². The van der Waals surface area contributed by atoms with Gasteiger partial charge in [-0.25, -0.2) is 0 Å². The maximum absolute atomic E-state index is 9.70. The maximum atomic E-state index is 9.70.